The predicted octanol–water partition coefficient (Wildman–Crippen LogP) is 4.48. The van der Waals surface area contributed by atoms with Crippen LogP contribution in [0.3, 0.4) is 0 Å². The first-order valence-electron chi connectivity index (χ1n) is 8.23. The molecule has 0 bridgehead atoms. The van der Waals surface area contributed by atoms with E-state index in [1.54, 1.807) is 0 Å². The lowest BCUT2D eigenvalue weighted by atomic mass is 9.99. The Kier molecular flexibility index (Phi) is 5.59. The van der Waals surface area contributed by atoms with Crippen LogP contribution < -0.4 is 5.32 Å². The van der Waals surface area contributed by atoms with Gasteiger partial charge in [-0.1, -0.05) is 47.0 Å². The summed E-state index contributed by atoms with van der Waals surface area (Å²) in [4.78, 5) is 4.49. The fourth-order valence-electron chi connectivity index (χ4n) is 2.54. The van der Waals surface area contributed by atoms with Crippen molar-refractivity contribution < 1.29 is 0 Å². The van der Waals surface area contributed by atoms with E-state index >= 15 is 0 Å². The van der Waals surface area contributed by atoms with Crippen LogP contribution in [-0.2, 0) is 0 Å². The second kappa shape index (κ2) is 7.43. The second-order valence-electron chi connectivity index (χ2n) is 6.13. The van der Waals surface area contributed by atoms with Crippen LogP contribution >= 0.6 is 0 Å². The van der Waals surface area contributed by atoms with Crippen LogP contribution in [0.2, 0.25) is 0 Å². The third-order valence-corrected chi connectivity index (χ3v) is 4.10. The van der Waals surface area contributed by atoms with E-state index in [0.29, 0.717) is 5.92 Å². The smallest absolute Gasteiger partial charge is 0.152 e. The molecule has 0 spiro atoms. The molecule has 21 heavy (non-hydrogen) atoms. The molecule has 0 radical (unpaired) electrons. The number of hydrogen-bond donors (Lipinski definition) is 1. The molecule has 116 valence electrons. The largest absolute Gasteiger partial charge is 0.368 e. The number of rotatable bonds is 8. The Morgan fingerprint density at radius 3 is 2.76 bits per heavy atom. The highest BCUT2D eigenvalue weighted by Crippen LogP contribution is 2.21. The molecule has 0 aliphatic rings. The molecule has 0 saturated heterocycles. The summed E-state index contributed by atoms with van der Waals surface area (Å²) in [6, 6.07) is 2.15. The number of nitrogens with one attached hydrogen (secondary N) is 1. The minimum atomic E-state index is 0.436. The molecule has 2 heterocycles. The molecular weight excluding hydrogens is 260 g/mol. The molecule has 4 nitrogen and oxygen atoms in total. The molecule has 2 aromatic heterocycles. The van der Waals surface area contributed by atoms with Crippen LogP contribution in [0.4, 0.5) is 5.82 Å². The number of hydrogen-bond acceptors (Lipinski definition) is 3. The predicted molar refractivity (Wildman–Crippen MR) is 88.9 cm³/mol. The van der Waals surface area contributed by atoms with Crippen molar-refractivity contribution in [2.75, 3.05) is 11.9 Å². The highest BCUT2D eigenvalue weighted by molar-refractivity contribution is 5.67. The van der Waals surface area contributed by atoms with Crippen molar-refractivity contribution in [1.29, 1.82) is 0 Å². The number of fused-ring (bicyclic) bond motifs is 1. The Bertz CT molecular complexity index is 559. The lowest BCUT2D eigenvalue weighted by Gasteiger charge is -2.15. The van der Waals surface area contributed by atoms with E-state index in [-0.39, 0.29) is 0 Å². The summed E-state index contributed by atoms with van der Waals surface area (Å²) < 4.78 is 1.93. The van der Waals surface area contributed by atoms with Gasteiger partial charge in [-0.25, -0.2) is 9.50 Å². The first-order chi connectivity index (χ1) is 10.2. The first kappa shape index (κ1) is 15.8. The number of aromatic nitrogens is 3. The zero-order chi connectivity index (χ0) is 15.2. The summed E-state index contributed by atoms with van der Waals surface area (Å²) in [5.41, 5.74) is 2.19. The summed E-state index contributed by atoms with van der Waals surface area (Å²) in [6.07, 6.45) is 8.82. The van der Waals surface area contributed by atoms with Crippen molar-refractivity contribution in [3.05, 3.63) is 24.2 Å². The molecule has 1 N–H and O–H groups in total. The lowest BCUT2D eigenvalue weighted by molar-refractivity contribution is 0.472. The Balaban J connectivity index is 2.10. The van der Waals surface area contributed by atoms with Crippen molar-refractivity contribution in [1.82, 2.24) is 14.6 Å². The number of anilines is 1. The fraction of sp³-hybridized carbons (Fsp3) is 0.647. The maximum absolute atomic E-state index is 4.61. The average molecular weight is 288 g/mol. The number of nitrogens with zero attached hydrogens (tertiary/aromatic N) is 3. The van der Waals surface area contributed by atoms with Crippen molar-refractivity contribution in [3.63, 3.8) is 0 Å². The highest BCUT2D eigenvalue weighted by Gasteiger charge is 2.11. The van der Waals surface area contributed by atoms with Gasteiger partial charge < -0.3 is 5.32 Å². The zero-order valence-corrected chi connectivity index (χ0v) is 13.8. The molecule has 0 saturated carbocycles. The van der Waals surface area contributed by atoms with Crippen LogP contribution in [0.15, 0.2) is 18.5 Å². The van der Waals surface area contributed by atoms with Gasteiger partial charge in [0.1, 0.15) is 5.52 Å². The Hall–Kier alpha value is -1.58. The zero-order valence-electron chi connectivity index (χ0n) is 13.8. The van der Waals surface area contributed by atoms with Crippen LogP contribution in [0.5, 0.6) is 0 Å². The Morgan fingerprint density at radius 2 is 2.10 bits per heavy atom. The van der Waals surface area contributed by atoms with Crippen LogP contribution in [-0.4, -0.2) is 21.1 Å². The fourth-order valence-corrected chi connectivity index (χ4v) is 2.54. The Labute approximate surface area is 128 Å². The van der Waals surface area contributed by atoms with E-state index in [1.807, 2.05) is 16.9 Å². The summed E-state index contributed by atoms with van der Waals surface area (Å²) >= 11 is 0. The maximum Gasteiger partial charge on any atom is 0.152 e. The van der Waals surface area contributed by atoms with Gasteiger partial charge in [-0.2, -0.15) is 5.10 Å². The third-order valence-electron chi connectivity index (χ3n) is 4.10. The first-order valence-corrected chi connectivity index (χ1v) is 8.23. The lowest BCUT2D eigenvalue weighted by Crippen LogP contribution is -2.15. The number of unbranched alkanes of at least 4 members (excludes halogenated alkanes) is 1. The molecule has 1 unspecified atom stereocenters. The van der Waals surface area contributed by atoms with E-state index in [0.717, 1.165) is 29.5 Å². The Morgan fingerprint density at radius 1 is 1.29 bits per heavy atom. The normalized spacial score (nSPS) is 13.0. The van der Waals surface area contributed by atoms with Crippen LogP contribution in [0.25, 0.3) is 5.52 Å². The molecular formula is C17H28N4. The van der Waals surface area contributed by atoms with Crippen molar-refractivity contribution in [2.45, 2.75) is 59.3 Å². The standard InChI is InChI=1S/C17H28N4/c1-5-7-8-14(6-2)12-19-17-16-11-15(13(3)4)20-21(16)10-9-18-17/h9-11,13-14H,5-8,12H2,1-4H3,(H,18,19). The monoisotopic (exact) mass is 288 g/mol. The van der Waals surface area contributed by atoms with Gasteiger partial charge in [0.05, 0.1) is 5.69 Å². The highest BCUT2D eigenvalue weighted by atomic mass is 15.2. The van der Waals surface area contributed by atoms with Gasteiger partial charge in [-0.05, 0) is 24.3 Å². The average Bonchev–Trinajstić information content (AvgIpc) is 2.92. The second-order valence-corrected chi connectivity index (χ2v) is 6.13. The van der Waals surface area contributed by atoms with Gasteiger partial charge in [0, 0.05) is 18.9 Å². The molecule has 0 aliphatic carbocycles. The van der Waals surface area contributed by atoms with Gasteiger partial charge in [0.25, 0.3) is 0 Å². The van der Waals surface area contributed by atoms with E-state index in [2.05, 4.69) is 49.2 Å². The van der Waals surface area contributed by atoms with Gasteiger partial charge >= 0.3 is 0 Å². The summed E-state index contributed by atoms with van der Waals surface area (Å²) in [6.45, 7) is 9.85. The molecule has 0 aromatic carbocycles. The molecule has 1 atom stereocenters. The SMILES string of the molecule is CCCCC(CC)CNc1nccn2nc(C(C)C)cc12. The molecule has 2 rings (SSSR count). The van der Waals surface area contributed by atoms with Crippen LogP contribution in [0, 0.1) is 5.92 Å². The third kappa shape index (κ3) is 3.96. The molecule has 2 aromatic rings. The summed E-state index contributed by atoms with van der Waals surface area (Å²) in [5.74, 6) is 2.11. The maximum atomic E-state index is 4.61. The molecule has 0 fully saturated rings. The van der Waals surface area contributed by atoms with E-state index in [1.165, 1.54) is 25.7 Å². The van der Waals surface area contributed by atoms with E-state index in [9.17, 15) is 0 Å². The van der Waals surface area contributed by atoms with Crippen molar-refractivity contribution >= 4 is 11.3 Å². The minimum Gasteiger partial charge on any atom is -0.368 e. The summed E-state index contributed by atoms with van der Waals surface area (Å²) in [7, 11) is 0. The molecule has 0 aliphatic heterocycles. The van der Waals surface area contributed by atoms with E-state index in [4.69, 9.17) is 0 Å². The van der Waals surface area contributed by atoms with Gasteiger partial charge in [0.15, 0.2) is 5.82 Å². The molecule has 0 amide bonds. The topological polar surface area (TPSA) is 42.2 Å². The van der Waals surface area contributed by atoms with Crippen LogP contribution in [0.1, 0.15) is 65.0 Å². The van der Waals surface area contributed by atoms with Crippen molar-refractivity contribution in [3.8, 4) is 0 Å². The summed E-state index contributed by atoms with van der Waals surface area (Å²) in [5, 5.41) is 8.13. The van der Waals surface area contributed by atoms with E-state index < -0.39 is 0 Å². The minimum absolute atomic E-state index is 0.436. The van der Waals surface area contributed by atoms with Gasteiger partial charge in [0.2, 0.25) is 0 Å². The quantitative estimate of drug-likeness (QED) is 0.778. The molecule has 4 heteroatoms. The van der Waals surface area contributed by atoms with Gasteiger partial charge in [-0.3, -0.25) is 0 Å². The van der Waals surface area contributed by atoms with Gasteiger partial charge in [-0.15, -0.1) is 0 Å². The van der Waals surface area contributed by atoms with Crippen molar-refractivity contribution in [2.24, 2.45) is 5.92 Å².